The maximum absolute atomic E-state index is 12.8. The molecule has 2 amide bonds. The lowest BCUT2D eigenvalue weighted by molar-refractivity contribution is -0.138. The van der Waals surface area contributed by atoms with E-state index in [1.165, 1.54) is 53.0 Å². The van der Waals surface area contributed by atoms with Crippen LogP contribution in [0.2, 0.25) is 5.02 Å². The standard InChI is InChI=1S/C21H26ClN7O5S2/c22-15-3-5-16(6-4-15)36(33,34)29-10-9-28(19(31)13-29)12-18(30)27-17(2-1-7-24-14-26-23)20(32)21-25-8-11-35-21/h3-6,8,11,14,17H,1-2,7,9-10,12-13,23H2,(H,24,26)(H,27,30)/t17-/m0/s1. The van der Waals surface area contributed by atoms with Gasteiger partial charge in [0.05, 0.1) is 30.4 Å². The molecule has 1 saturated heterocycles. The van der Waals surface area contributed by atoms with E-state index in [9.17, 15) is 22.8 Å². The van der Waals surface area contributed by atoms with Crippen molar-refractivity contribution in [2.24, 2.45) is 10.8 Å². The first-order valence-electron chi connectivity index (χ1n) is 10.9. The number of halogens is 1. The Kier molecular flexibility index (Phi) is 9.89. The normalized spacial score (nSPS) is 15.7. The summed E-state index contributed by atoms with van der Waals surface area (Å²) in [6.07, 6.45) is 3.65. The van der Waals surface area contributed by atoms with Gasteiger partial charge in [0.2, 0.25) is 27.6 Å². The summed E-state index contributed by atoms with van der Waals surface area (Å²) < 4.78 is 26.8. The molecule has 2 aromatic rings. The van der Waals surface area contributed by atoms with Gasteiger partial charge in [0, 0.05) is 36.2 Å². The maximum Gasteiger partial charge on any atom is 0.243 e. The molecule has 0 bridgehead atoms. The van der Waals surface area contributed by atoms with Crippen LogP contribution in [-0.4, -0.2) is 85.3 Å². The lowest BCUT2D eigenvalue weighted by Crippen LogP contribution is -2.55. The second-order valence-electron chi connectivity index (χ2n) is 7.77. The Morgan fingerprint density at radius 1 is 1.28 bits per heavy atom. The third kappa shape index (κ3) is 7.30. The molecule has 12 nitrogen and oxygen atoms in total. The summed E-state index contributed by atoms with van der Waals surface area (Å²) >= 11 is 7.00. The van der Waals surface area contributed by atoms with Crippen LogP contribution in [0.1, 0.15) is 22.6 Å². The van der Waals surface area contributed by atoms with Crippen molar-refractivity contribution in [1.82, 2.24) is 24.9 Å². The summed E-state index contributed by atoms with van der Waals surface area (Å²) in [5.41, 5.74) is 2.29. The summed E-state index contributed by atoms with van der Waals surface area (Å²) in [6.45, 7) is -0.245. The summed E-state index contributed by atoms with van der Waals surface area (Å²) in [7, 11) is -3.88. The number of amides is 2. The second kappa shape index (κ2) is 12.9. The number of hydrazine groups is 1. The third-order valence-electron chi connectivity index (χ3n) is 5.31. The lowest BCUT2D eigenvalue weighted by Gasteiger charge is -2.33. The number of benzene rings is 1. The second-order valence-corrected chi connectivity index (χ2v) is 11.0. The predicted octanol–water partition coefficient (Wildman–Crippen LogP) is 0.269. The fourth-order valence-corrected chi connectivity index (χ4v) is 5.63. The molecule has 0 spiro atoms. The van der Waals surface area contributed by atoms with E-state index in [0.717, 1.165) is 4.31 Å². The van der Waals surface area contributed by atoms with Crippen molar-refractivity contribution in [3.8, 4) is 0 Å². The number of aliphatic imine (C=N–C) groups is 1. The van der Waals surface area contributed by atoms with Gasteiger partial charge >= 0.3 is 0 Å². The van der Waals surface area contributed by atoms with E-state index in [4.69, 9.17) is 17.4 Å². The van der Waals surface area contributed by atoms with Gasteiger partial charge < -0.3 is 15.6 Å². The number of aromatic nitrogens is 1. The minimum atomic E-state index is -3.88. The van der Waals surface area contributed by atoms with Gasteiger partial charge in [0.1, 0.15) is 0 Å². The minimum Gasteiger partial charge on any atom is -0.344 e. The summed E-state index contributed by atoms with van der Waals surface area (Å²) in [5, 5.41) is 5.01. The zero-order valence-corrected chi connectivity index (χ0v) is 21.6. The molecule has 1 aliphatic heterocycles. The predicted molar refractivity (Wildman–Crippen MR) is 135 cm³/mol. The van der Waals surface area contributed by atoms with Crippen LogP contribution >= 0.6 is 22.9 Å². The molecule has 0 saturated carbocycles. The fourth-order valence-electron chi connectivity index (χ4n) is 3.50. The van der Waals surface area contributed by atoms with E-state index in [-0.39, 0.29) is 35.3 Å². The third-order valence-corrected chi connectivity index (χ3v) is 8.21. The average Bonchev–Trinajstić information content (AvgIpc) is 3.39. The van der Waals surface area contributed by atoms with Crippen molar-refractivity contribution >= 4 is 56.9 Å². The Morgan fingerprint density at radius 2 is 2.03 bits per heavy atom. The van der Waals surface area contributed by atoms with Crippen LogP contribution in [0.4, 0.5) is 0 Å². The molecule has 1 atom stereocenters. The van der Waals surface area contributed by atoms with Crippen molar-refractivity contribution in [2.45, 2.75) is 23.8 Å². The summed E-state index contributed by atoms with van der Waals surface area (Å²) in [6, 6.07) is 4.83. The van der Waals surface area contributed by atoms with Gasteiger partial charge in [-0.2, -0.15) is 4.31 Å². The monoisotopic (exact) mass is 555 g/mol. The first kappa shape index (κ1) is 27.7. The highest BCUT2D eigenvalue weighted by Crippen LogP contribution is 2.20. The number of thiazole rings is 1. The summed E-state index contributed by atoms with van der Waals surface area (Å²) in [4.78, 5) is 47.5. The number of sulfonamides is 1. The van der Waals surface area contributed by atoms with Crippen molar-refractivity contribution in [2.75, 3.05) is 32.7 Å². The fraction of sp³-hybridized carbons (Fsp3) is 0.381. The minimum absolute atomic E-state index is 0.0264. The first-order valence-corrected chi connectivity index (χ1v) is 13.6. The number of rotatable bonds is 12. The van der Waals surface area contributed by atoms with Gasteiger partial charge in [0.15, 0.2) is 5.01 Å². The van der Waals surface area contributed by atoms with E-state index in [1.54, 1.807) is 5.38 Å². The van der Waals surface area contributed by atoms with Crippen molar-refractivity contribution < 1.29 is 22.8 Å². The van der Waals surface area contributed by atoms with Crippen molar-refractivity contribution in [1.29, 1.82) is 0 Å². The smallest absolute Gasteiger partial charge is 0.243 e. The Labute approximate surface area is 217 Å². The Morgan fingerprint density at radius 3 is 2.67 bits per heavy atom. The molecule has 36 heavy (non-hydrogen) atoms. The quantitative estimate of drug-likeness (QED) is 0.0837. The molecular weight excluding hydrogens is 530 g/mol. The molecule has 0 aliphatic carbocycles. The molecular formula is C21H26ClN7O5S2. The number of carbonyl (C=O) groups excluding carboxylic acids is 3. The van der Waals surface area contributed by atoms with Crippen LogP contribution in [-0.2, 0) is 19.6 Å². The van der Waals surface area contributed by atoms with Gasteiger partial charge in [-0.05, 0) is 37.1 Å². The van der Waals surface area contributed by atoms with Crippen molar-refractivity contribution in [3.63, 3.8) is 0 Å². The van der Waals surface area contributed by atoms with E-state index in [1.807, 2.05) is 0 Å². The lowest BCUT2D eigenvalue weighted by atomic mass is 10.1. The molecule has 1 aromatic carbocycles. The number of carbonyl (C=O) groups is 3. The van der Waals surface area contributed by atoms with Crippen molar-refractivity contribution in [3.05, 3.63) is 45.9 Å². The largest absolute Gasteiger partial charge is 0.344 e. The molecule has 1 aromatic heterocycles. The van der Waals surface area contributed by atoms with E-state index < -0.39 is 34.4 Å². The number of nitrogens with two attached hydrogens (primary N) is 1. The van der Waals surface area contributed by atoms with Crippen LogP contribution in [0.5, 0.6) is 0 Å². The van der Waals surface area contributed by atoms with Crippen LogP contribution < -0.4 is 16.6 Å². The Hall–Kier alpha value is -2.91. The van der Waals surface area contributed by atoms with E-state index >= 15 is 0 Å². The zero-order chi connectivity index (χ0) is 26.1. The van der Waals surface area contributed by atoms with Crippen LogP contribution in [0.25, 0.3) is 0 Å². The molecule has 15 heteroatoms. The Bertz CT molecular complexity index is 1190. The molecule has 1 aliphatic rings. The topological polar surface area (TPSA) is 167 Å². The number of Topliss-reactive ketones (excluding diaryl/α,β-unsaturated/α-hetero) is 1. The van der Waals surface area contributed by atoms with Gasteiger partial charge in [-0.3, -0.25) is 19.4 Å². The molecule has 4 N–H and O–H groups in total. The number of nitrogens with zero attached hydrogens (tertiary/aromatic N) is 4. The molecule has 194 valence electrons. The maximum atomic E-state index is 12.8. The van der Waals surface area contributed by atoms with Gasteiger partial charge in [-0.25, -0.2) is 19.2 Å². The first-order chi connectivity index (χ1) is 17.2. The average molecular weight is 556 g/mol. The number of nitrogens with one attached hydrogen (secondary N) is 2. The highest BCUT2D eigenvalue weighted by molar-refractivity contribution is 7.89. The van der Waals surface area contributed by atoms with E-state index in [2.05, 4.69) is 20.7 Å². The molecule has 3 rings (SSSR count). The van der Waals surface area contributed by atoms with Crippen LogP contribution in [0.15, 0.2) is 45.7 Å². The number of piperazine rings is 1. The Balaban J connectivity index is 1.59. The molecule has 2 heterocycles. The zero-order valence-electron chi connectivity index (χ0n) is 19.2. The van der Waals surface area contributed by atoms with Gasteiger partial charge in [-0.1, -0.05) is 11.6 Å². The SMILES string of the molecule is NNC=NCCC[C@H](NC(=O)CN1CCN(S(=O)(=O)c2ccc(Cl)cc2)CC1=O)C(=O)c1nccs1. The number of ketones is 1. The number of hydrogen-bond acceptors (Lipinski definition) is 9. The summed E-state index contributed by atoms with van der Waals surface area (Å²) in [5.74, 6) is 3.75. The highest BCUT2D eigenvalue weighted by atomic mass is 35.5. The van der Waals surface area contributed by atoms with Gasteiger partial charge in [-0.15, -0.1) is 11.3 Å². The van der Waals surface area contributed by atoms with E-state index in [0.29, 0.717) is 24.4 Å². The van der Waals surface area contributed by atoms with Crippen LogP contribution in [0.3, 0.4) is 0 Å². The van der Waals surface area contributed by atoms with Crippen LogP contribution in [0, 0.1) is 0 Å². The molecule has 0 radical (unpaired) electrons. The molecule has 0 unspecified atom stereocenters. The van der Waals surface area contributed by atoms with Gasteiger partial charge in [0.25, 0.3) is 0 Å². The molecule has 1 fully saturated rings. The highest BCUT2D eigenvalue weighted by Gasteiger charge is 2.34. The number of hydrogen-bond donors (Lipinski definition) is 3.